The lowest BCUT2D eigenvalue weighted by Crippen LogP contribution is -2.43. The number of hydrogen-bond acceptors (Lipinski definition) is 11. The van der Waals surface area contributed by atoms with Crippen LogP contribution in [0.4, 0.5) is 0 Å². The Bertz CT molecular complexity index is 2180. The number of esters is 1. The van der Waals surface area contributed by atoms with E-state index >= 15 is 0 Å². The first-order valence-electron chi connectivity index (χ1n) is 20.1. The van der Waals surface area contributed by atoms with Crippen LogP contribution in [0, 0.1) is 0 Å². The minimum Gasteiger partial charge on any atom is -0.466 e. The first-order valence-corrected chi connectivity index (χ1v) is 20.1. The number of primary amides is 1. The highest BCUT2D eigenvalue weighted by molar-refractivity contribution is 5.75. The van der Waals surface area contributed by atoms with Gasteiger partial charge >= 0.3 is 5.97 Å². The monoisotopic (exact) mass is 781 g/mol. The summed E-state index contributed by atoms with van der Waals surface area (Å²) in [7, 11) is 0. The van der Waals surface area contributed by atoms with Gasteiger partial charge in [-0.1, -0.05) is 132 Å². The van der Waals surface area contributed by atoms with Gasteiger partial charge in [-0.05, 0) is 81.0 Å². The highest BCUT2D eigenvalue weighted by atomic mass is 16.5. The minimum atomic E-state index is -0.471. The molecule has 2 aliphatic rings. The average Bonchev–Trinajstić information content (AvgIpc) is 3.94. The van der Waals surface area contributed by atoms with Crippen LogP contribution in [0.2, 0.25) is 0 Å². The van der Waals surface area contributed by atoms with Gasteiger partial charge in [0.1, 0.15) is 12.8 Å². The molecule has 2 N–H and O–H groups in total. The summed E-state index contributed by atoms with van der Waals surface area (Å²) in [6.45, 7) is 7.73. The van der Waals surface area contributed by atoms with Crippen LogP contribution in [0.1, 0.15) is 78.3 Å². The molecule has 6 aromatic rings. The van der Waals surface area contributed by atoms with Gasteiger partial charge in [-0.25, -0.2) is 0 Å². The molecule has 12 heteroatoms. The fraction of sp³-hybridized carbons (Fsp3) is 0.348. The number of rotatable bonds is 13. The molecule has 2 fully saturated rings. The third-order valence-corrected chi connectivity index (χ3v) is 11.3. The number of benzene rings is 4. The maximum atomic E-state index is 11.8. The van der Waals surface area contributed by atoms with Gasteiger partial charge in [-0.2, -0.15) is 9.97 Å². The second-order valence-electron chi connectivity index (χ2n) is 15.1. The van der Waals surface area contributed by atoms with E-state index in [4.69, 9.17) is 19.5 Å². The van der Waals surface area contributed by atoms with Gasteiger partial charge in [0.05, 0.1) is 17.4 Å². The number of aromatic nitrogens is 4. The van der Waals surface area contributed by atoms with Crippen LogP contribution in [0.25, 0.3) is 0 Å². The molecule has 58 heavy (non-hydrogen) atoms. The van der Waals surface area contributed by atoms with E-state index in [0.29, 0.717) is 24.1 Å². The summed E-state index contributed by atoms with van der Waals surface area (Å²) in [5.41, 5.74) is 9.66. The average molecular weight is 782 g/mol. The van der Waals surface area contributed by atoms with E-state index in [0.717, 1.165) is 65.0 Å². The van der Waals surface area contributed by atoms with Crippen molar-refractivity contribution in [2.24, 2.45) is 5.73 Å². The summed E-state index contributed by atoms with van der Waals surface area (Å²) < 4.78 is 15.8. The summed E-state index contributed by atoms with van der Waals surface area (Å²) in [5, 5.41) is 8.54. The topological polar surface area (TPSA) is 154 Å². The normalized spacial score (nSPS) is 16.5. The number of nitrogens with zero attached hydrogens (tertiary/aromatic N) is 6. The number of amides is 1. The van der Waals surface area contributed by atoms with Crippen LogP contribution < -0.4 is 5.73 Å². The summed E-state index contributed by atoms with van der Waals surface area (Å²) in [5.74, 6) is 1.08. The lowest BCUT2D eigenvalue weighted by atomic mass is 9.72. The molecule has 0 unspecified atom stereocenters. The smallest absolute Gasteiger partial charge is 0.315 e. The summed E-state index contributed by atoms with van der Waals surface area (Å²) >= 11 is 0. The Hall–Kier alpha value is -5.98. The maximum absolute atomic E-state index is 11.8. The number of ether oxygens (including phenoxy) is 1. The molecule has 2 aliphatic heterocycles. The van der Waals surface area contributed by atoms with Crippen molar-refractivity contribution < 1.29 is 23.4 Å². The standard InChI is InChI=1S/C24H27N3O3.C22H24N4O2/c1-2-29-22(28)17-21-25-23(26-30-21)24(20-11-7-4-8-12-20)13-15-27(16-14-24)18-19-9-5-3-6-10-19;23-19(27)15-20-24-21(25-28-20)22(18-9-5-2-6-10-18)11-13-26(14-12-22)16-17-7-3-1-4-8-17/h3-12H,2,13-18H2,1H3;1-10H,11-16H2,(H2,23,27). The molecule has 2 aromatic heterocycles. The lowest BCUT2D eigenvalue weighted by Gasteiger charge is -2.40. The lowest BCUT2D eigenvalue weighted by molar-refractivity contribution is -0.142. The summed E-state index contributed by atoms with van der Waals surface area (Å²) in [6, 6.07) is 41.8. The molecule has 0 atom stereocenters. The molecule has 0 saturated carbocycles. The van der Waals surface area contributed by atoms with E-state index in [2.05, 4.69) is 103 Å². The molecule has 300 valence electrons. The number of piperidine rings is 2. The predicted molar refractivity (Wildman–Crippen MR) is 218 cm³/mol. The van der Waals surface area contributed by atoms with Crippen molar-refractivity contribution in [3.8, 4) is 0 Å². The van der Waals surface area contributed by atoms with E-state index in [1.807, 2.05) is 48.5 Å². The predicted octanol–water partition coefficient (Wildman–Crippen LogP) is 6.44. The van der Waals surface area contributed by atoms with Crippen LogP contribution in [0.5, 0.6) is 0 Å². The van der Waals surface area contributed by atoms with Crippen LogP contribution in [-0.4, -0.2) is 74.7 Å². The first-order chi connectivity index (χ1) is 28.3. The fourth-order valence-electron chi connectivity index (χ4n) is 8.19. The zero-order valence-electron chi connectivity index (χ0n) is 33.0. The van der Waals surface area contributed by atoms with Crippen LogP contribution in [-0.2, 0) is 51.1 Å². The van der Waals surface area contributed by atoms with Gasteiger partial charge < -0.3 is 19.5 Å². The maximum Gasteiger partial charge on any atom is 0.315 e. The molecule has 0 radical (unpaired) electrons. The number of likely N-dealkylation sites (tertiary alicyclic amines) is 2. The SMILES string of the molecule is CCOC(=O)Cc1nc(C2(c3ccccc3)CCN(Cc3ccccc3)CC2)no1.NC(=O)Cc1nc(C2(c3ccccc3)CCN(Cc3ccccc3)CC2)no1. The van der Waals surface area contributed by atoms with Crippen molar-refractivity contribution in [1.29, 1.82) is 0 Å². The van der Waals surface area contributed by atoms with Gasteiger partial charge in [0.2, 0.25) is 17.7 Å². The molecular weight excluding hydrogens is 731 g/mol. The van der Waals surface area contributed by atoms with Crippen molar-refractivity contribution in [2.75, 3.05) is 32.8 Å². The number of nitrogens with two attached hydrogens (primary N) is 1. The second kappa shape index (κ2) is 19.0. The molecular formula is C46H51N7O5. The Morgan fingerprint density at radius 2 is 0.983 bits per heavy atom. The zero-order valence-corrected chi connectivity index (χ0v) is 33.0. The third-order valence-electron chi connectivity index (χ3n) is 11.3. The van der Waals surface area contributed by atoms with Gasteiger partial charge in [0.15, 0.2) is 11.6 Å². The van der Waals surface area contributed by atoms with Crippen molar-refractivity contribution in [3.63, 3.8) is 0 Å². The molecule has 12 nitrogen and oxygen atoms in total. The Kier molecular flexibility index (Phi) is 13.2. The molecule has 1 amide bonds. The Balaban J connectivity index is 0.000000177. The largest absolute Gasteiger partial charge is 0.466 e. The first kappa shape index (κ1) is 40.2. The van der Waals surface area contributed by atoms with E-state index in [1.165, 1.54) is 22.3 Å². The van der Waals surface area contributed by atoms with E-state index in [9.17, 15) is 9.59 Å². The van der Waals surface area contributed by atoms with E-state index in [1.54, 1.807) is 6.92 Å². The zero-order chi connectivity index (χ0) is 40.2. The van der Waals surface area contributed by atoms with Gasteiger partial charge in [-0.3, -0.25) is 19.4 Å². The third kappa shape index (κ3) is 9.75. The highest BCUT2D eigenvalue weighted by Crippen LogP contribution is 2.42. The summed E-state index contributed by atoms with van der Waals surface area (Å²) in [4.78, 5) is 37.1. The number of carbonyl (C=O) groups is 2. The van der Waals surface area contributed by atoms with Gasteiger partial charge in [-0.15, -0.1) is 0 Å². The number of hydrogen-bond donors (Lipinski definition) is 1. The second-order valence-corrected chi connectivity index (χ2v) is 15.1. The highest BCUT2D eigenvalue weighted by Gasteiger charge is 2.43. The molecule has 2 saturated heterocycles. The summed E-state index contributed by atoms with van der Waals surface area (Å²) in [6.07, 6.45) is 3.53. The van der Waals surface area contributed by atoms with Crippen molar-refractivity contribution >= 4 is 11.9 Å². The fourth-order valence-corrected chi connectivity index (χ4v) is 8.19. The van der Waals surface area contributed by atoms with Crippen molar-refractivity contribution in [1.82, 2.24) is 30.1 Å². The van der Waals surface area contributed by atoms with Gasteiger partial charge in [0.25, 0.3) is 0 Å². The molecule has 0 bridgehead atoms. The van der Waals surface area contributed by atoms with Crippen LogP contribution in [0.15, 0.2) is 130 Å². The van der Waals surface area contributed by atoms with Crippen LogP contribution >= 0.6 is 0 Å². The minimum absolute atomic E-state index is 0.00580. The Morgan fingerprint density at radius 3 is 1.36 bits per heavy atom. The molecule has 4 aromatic carbocycles. The van der Waals surface area contributed by atoms with Gasteiger partial charge in [0, 0.05) is 13.1 Å². The number of carbonyl (C=O) groups excluding carboxylic acids is 2. The van der Waals surface area contributed by atoms with E-state index < -0.39 is 5.91 Å². The quantitative estimate of drug-likeness (QED) is 0.129. The molecule has 0 aliphatic carbocycles. The Morgan fingerprint density at radius 1 is 0.603 bits per heavy atom. The molecule has 8 rings (SSSR count). The van der Waals surface area contributed by atoms with Crippen LogP contribution in [0.3, 0.4) is 0 Å². The van der Waals surface area contributed by atoms with E-state index in [-0.39, 0.29) is 35.5 Å². The van der Waals surface area contributed by atoms with Crippen molar-refractivity contribution in [2.45, 2.75) is 69.4 Å². The Labute approximate surface area is 339 Å². The molecule has 4 heterocycles. The molecule has 0 spiro atoms. The van der Waals surface area contributed by atoms with Crippen molar-refractivity contribution in [3.05, 3.63) is 167 Å².